The smallest absolute Gasteiger partial charge is 0.226 e. The van der Waals surface area contributed by atoms with Crippen LogP contribution >= 0.6 is 15.9 Å². The molecule has 2 rings (SSSR count). The van der Waals surface area contributed by atoms with Gasteiger partial charge in [0.1, 0.15) is 6.07 Å². The van der Waals surface area contributed by atoms with Crippen molar-refractivity contribution in [1.82, 2.24) is 0 Å². The minimum absolute atomic E-state index is 0.129. The van der Waals surface area contributed by atoms with Crippen molar-refractivity contribution in [1.29, 1.82) is 5.26 Å². The highest BCUT2D eigenvalue weighted by atomic mass is 79.9. The Balaban J connectivity index is 2.05. The maximum Gasteiger partial charge on any atom is 0.226 e. The number of amides is 1. The molecular formula is C13H14BrN3O. The van der Waals surface area contributed by atoms with Gasteiger partial charge in [-0.15, -0.1) is 0 Å². The molecular weight excluding hydrogens is 294 g/mol. The standard InChI is InChI=1S/C13H14BrN3O/c14-10-2-3-11(9(6-10)8-15)17-12(18)7-13(16)4-1-5-13/h2-3,6H,1,4-5,7,16H2,(H,17,18). The molecule has 1 aliphatic rings. The lowest BCUT2D eigenvalue weighted by atomic mass is 9.75. The molecule has 4 nitrogen and oxygen atoms in total. The number of nitrogens with zero attached hydrogens (tertiary/aromatic N) is 1. The molecule has 18 heavy (non-hydrogen) atoms. The van der Waals surface area contributed by atoms with E-state index in [-0.39, 0.29) is 11.4 Å². The molecule has 1 aromatic carbocycles. The lowest BCUT2D eigenvalue weighted by Gasteiger charge is -2.37. The number of nitrogens with two attached hydrogens (primary N) is 1. The molecule has 0 radical (unpaired) electrons. The van der Waals surface area contributed by atoms with Gasteiger partial charge >= 0.3 is 0 Å². The third-order valence-electron chi connectivity index (χ3n) is 3.24. The number of rotatable bonds is 3. The summed E-state index contributed by atoms with van der Waals surface area (Å²) in [6.45, 7) is 0. The molecule has 1 aliphatic carbocycles. The van der Waals surface area contributed by atoms with E-state index in [1.54, 1.807) is 18.2 Å². The van der Waals surface area contributed by atoms with Crippen molar-refractivity contribution in [3.63, 3.8) is 0 Å². The molecule has 0 aliphatic heterocycles. The third-order valence-corrected chi connectivity index (χ3v) is 3.73. The topological polar surface area (TPSA) is 78.9 Å². The Hall–Kier alpha value is -1.38. The number of benzene rings is 1. The molecule has 5 heteroatoms. The highest BCUT2D eigenvalue weighted by Gasteiger charge is 2.34. The average molecular weight is 308 g/mol. The third kappa shape index (κ3) is 2.89. The second-order valence-corrected chi connectivity index (χ2v) is 5.66. The van der Waals surface area contributed by atoms with Gasteiger partial charge in [-0.25, -0.2) is 0 Å². The number of hydrogen-bond donors (Lipinski definition) is 2. The van der Waals surface area contributed by atoms with Gasteiger partial charge in [-0.3, -0.25) is 4.79 Å². The molecule has 0 heterocycles. The molecule has 0 bridgehead atoms. The first-order chi connectivity index (χ1) is 8.52. The first-order valence-electron chi connectivity index (χ1n) is 5.81. The van der Waals surface area contributed by atoms with Crippen LogP contribution in [0.3, 0.4) is 0 Å². The van der Waals surface area contributed by atoms with E-state index < -0.39 is 0 Å². The quantitative estimate of drug-likeness (QED) is 0.900. The van der Waals surface area contributed by atoms with Gasteiger partial charge in [0.15, 0.2) is 0 Å². The van der Waals surface area contributed by atoms with Crippen molar-refractivity contribution in [2.75, 3.05) is 5.32 Å². The molecule has 1 fully saturated rings. The van der Waals surface area contributed by atoms with Gasteiger partial charge in [-0.05, 0) is 37.5 Å². The Kier molecular flexibility index (Phi) is 3.69. The van der Waals surface area contributed by atoms with Crippen LogP contribution in [0.2, 0.25) is 0 Å². The Morgan fingerprint density at radius 2 is 2.28 bits per heavy atom. The van der Waals surface area contributed by atoms with Gasteiger partial charge in [-0.1, -0.05) is 15.9 Å². The number of nitrogens with one attached hydrogen (secondary N) is 1. The van der Waals surface area contributed by atoms with Crippen LogP contribution in [0.15, 0.2) is 22.7 Å². The minimum Gasteiger partial charge on any atom is -0.325 e. The van der Waals surface area contributed by atoms with E-state index in [1.807, 2.05) is 0 Å². The Morgan fingerprint density at radius 3 is 2.83 bits per heavy atom. The van der Waals surface area contributed by atoms with E-state index in [0.29, 0.717) is 17.7 Å². The van der Waals surface area contributed by atoms with Crippen LogP contribution < -0.4 is 11.1 Å². The highest BCUT2D eigenvalue weighted by Crippen LogP contribution is 2.32. The molecule has 0 saturated heterocycles. The van der Waals surface area contributed by atoms with E-state index in [2.05, 4.69) is 27.3 Å². The van der Waals surface area contributed by atoms with Crippen LogP contribution in [0.25, 0.3) is 0 Å². The molecule has 1 amide bonds. The number of nitriles is 1. The summed E-state index contributed by atoms with van der Waals surface area (Å²) in [7, 11) is 0. The fourth-order valence-electron chi connectivity index (χ4n) is 2.04. The zero-order valence-corrected chi connectivity index (χ0v) is 11.5. The number of hydrogen-bond acceptors (Lipinski definition) is 3. The van der Waals surface area contributed by atoms with E-state index >= 15 is 0 Å². The maximum atomic E-state index is 11.9. The summed E-state index contributed by atoms with van der Waals surface area (Å²) in [6.07, 6.45) is 3.19. The summed E-state index contributed by atoms with van der Waals surface area (Å²) >= 11 is 3.29. The lowest BCUT2D eigenvalue weighted by Crippen LogP contribution is -2.48. The largest absolute Gasteiger partial charge is 0.325 e. The van der Waals surface area contributed by atoms with E-state index in [4.69, 9.17) is 11.0 Å². The highest BCUT2D eigenvalue weighted by molar-refractivity contribution is 9.10. The van der Waals surface area contributed by atoms with Crippen molar-refractivity contribution in [3.05, 3.63) is 28.2 Å². The molecule has 3 N–H and O–H groups in total. The van der Waals surface area contributed by atoms with Crippen molar-refractivity contribution in [3.8, 4) is 6.07 Å². The fourth-order valence-corrected chi connectivity index (χ4v) is 2.40. The number of halogens is 1. The first kappa shape index (κ1) is 13.1. The van der Waals surface area contributed by atoms with Crippen molar-refractivity contribution in [2.24, 2.45) is 5.73 Å². The second kappa shape index (κ2) is 5.09. The van der Waals surface area contributed by atoms with E-state index in [1.165, 1.54) is 0 Å². The summed E-state index contributed by atoms with van der Waals surface area (Å²) in [5, 5.41) is 11.7. The molecule has 0 spiro atoms. The van der Waals surface area contributed by atoms with E-state index in [0.717, 1.165) is 23.7 Å². The summed E-state index contributed by atoms with van der Waals surface area (Å²) in [6, 6.07) is 7.24. The van der Waals surface area contributed by atoms with Crippen LogP contribution in [0.1, 0.15) is 31.2 Å². The molecule has 0 unspecified atom stereocenters. The second-order valence-electron chi connectivity index (χ2n) is 4.74. The number of carbonyl (C=O) groups excluding carboxylic acids is 1. The van der Waals surface area contributed by atoms with E-state index in [9.17, 15) is 4.79 Å². The molecule has 1 saturated carbocycles. The zero-order valence-electron chi connectivity index (χ0n) is 9.87. The number of anilines is 1. The molecule has 0 aromatic heterocycles. The van der Waals surface area contributed by atoms with Crippen molar-refractivity contribution in [2.45, 2.75) is 31.2 Å². The monoisotopic (exact) mass is 307 g/mol. The fraction of sp³-hybridized carbons (Fsp3) is 0.385. The summed E-state index contributed by atoms with van der Waals surface area (Å²) in [5.41, 5.74) is 6.66. The number of carbonyl (C=O) groups is 1. The molecule has 1 aromatic rings. The summed E-state index contributed by atoms with van der Waals surface area (Å²) in [5.74, 6) is -0.129. The average Bonchev–Trinajstić information content (AvgIpc) is 2.29. The molecule has 94 valence electrons. The van der Waals surface area contributed by atoms with Gasteiger partial charge < -0.3 is 11.1 Å². The van der Waals surface area contributed by atoms with Gasteiger partial charge in [0.05, 0.1) is 11.3 Å². The predicted octanol–water partition coefficient (Wildman–Crippen LogP) is 2.53. The van der Waals surface area contributed by atoms with Gasteiger partial charge in [0, 0.05) is 16.4 Å². The van der Waals surface area contributed by atoms with Crippen LogP contribution in [0.5, 0.6) is 0 Å². The van der Waals surface area contributed by atoms with Crippen molar-refractivity contribution >= 4 is 27.5 Å². The van der Waals surface area contributed by atoms with Gasteiger partial charge in [-0.2, -0.15) is 5.26 Å². The van der Waals surface area contributed by atoms with Gasteiger partial charge in [0.2, 0.25) is 5.91 Å². The zero-order chi connectivity index (χ0) is 13.2. The maximum absolute atomic E-state index is 11.9. The van der Waals surface area contributed by atoms with Crippen LogP contribution in [0.4, 0.5) is 5.69 Å². The first-order valence-corrected chi connectivity index (χ1v) is 6.60. The Bertz CT molecular complexity index is 517. The minimum atomic E-state index is -0.341. The summed E-state index contributed by atoms with van der Waals surface area (Å²) < 4.78 is 0.811. The summed E-state index contributed by atoms with van der Waals surface area (Å²) in [4.78, 5) is 11.9. The van der Waals surface area contributed by atoms with Gasteiger partial charge in [0.25, 0.3) is 0 Å². The van der Waals surface area contributed by atoms with Crippen molar-refractivity contribution < 1.29 is 4.79 Å². The lowest BCUT2D eigenvalue weighted by molar-refractivity contribution is -0.118. The molecule has 0 atom stereocenters. The Labute approximate surface area is 114 Å². The predicted molar refractivity (Wildman–Crippen MR) is 72.9 cm³/mol. The SMILES string of the molecule is N#Cc1cc(Br)ccc1NC(=O)CC1(N)CCC1. The Morgan fingerprint density at radius 1 is 1.56 bits per heavy atom. The van der Waals surface area contributed by atoms with Crippen LogP contribution in [-0.4, -0.2) is 11.4 Å². The van der Waals surface area contributed by atoms with Crippen LogP contribution in [0, 0.1) is 11.3 Å². The van der Waals surface area contributed by atoms with Crippen LogP contribution in [-0.2, 0) is 4.79 Å². The normalized spacial score (nSPS) is 16.5.